The summed E-state index contributed by atoms with van der Waals surface area (Å²) in [7, 11) is 1.84. The van der Waals surface area contributed by atoms with Crippen molar-refractivity contribution < 1.29 is 31.4 Å². The van der Waals surface area contributed by atoms with E-state index in [1.807, 2.05) is 64.2 Å². The number of hydrogen-bond acceptors (Lipinski definition) is 6. The zero-order valence-electron chi connectivity index (χ0n) is 18.6. The van der Waals surface area contributed by atoms with Crippen LogP contribution in [0.4, 0.5) is 4.79 Å². The molecule has 172 valence electrons. The Kier molecular flexibility index (Phi) is 9.57. The van der Waals surface area contributed by atoms with Crippen LogP contribution in [-0.4, -0.2) is 38.1 Å². The third-order valence-corrected chi connectivity index (χ3v) is 5.39. The number of carbonyl (C=O) groups is 1. The predicted molar refractivity (Wildman–Crippen MR) is 123 cm³/mol. The lowest BCUT2D eigenvalue weighted by Gasteiger charge is -2.18. The van der Waals surface area contributed by atoms with Gasteiger partial charge in [-0.1, -0.05) is 35.9 Å². The van der Waals surface area contributed by atoms with Crippen LogP contribution in [0.25, 0.3) is 22.0 Å². The minimum Gasteiger partial charge on any atom is -1.00 e. The molecule has 0 aliphatic carbocycles. The standard InChI is InChI=1S/C24H27ClN2O4.ClH/c1-15-8-5-6-9-18(15)22-17(3)27-21-12-16(2)20(25)13-19(21)23(22)30-14-31-24(28)29-11-7-10-26-4;/h5-6,8-9,12-13,26H,7,10-11,14H2,1-4H3;1H/p-1. The Morgan fingerprint density at radius 3 is 2.56 bits per heavy atom. The Balaban J connectivity index is 0.00000363. The van der Waals surface area contributed by atoms with Gasteiger partial charge >= 0.3 is 6.16 Å². The second-order valence-electron chi connectivity index (χ2n) is 7.30. The molecule has 1 heterocycles. The molecule has 2 aromatic carbocycles. The normalized spacial score (nSPS) is 10.5. The first-order chi connectivity index (χ1) is 14.9. The van der Waals surface area contributed by atoms with E-state index in [2.05, 4.69) is 5.32 Å². The van der Waals surface area contributed by atoms with Crippen molar-refractivity contribution in [2.24, 2.45) is 0 Å². The molecule has 0 aliphatic heterocycles. The van der Waals surface area contributed by atoms with Gasteiger partial charge in [0.1, 0.15) is 5.75 Å². The van der Waals surface area contributed by atoms with Crippen molar-refractivity contribution in [3.05, 3.63) is 58.2 Å². The van der Waals surface area contributed by atoms with Crippen molar-refractivity contribution in [1.82, 2.24) is 10.3 Å². The van der Waals surface area contributed by atoms with Crippen molar-refractivity contribution >= 4 is 28.7 Å². The van der Waals surface area contributed by atoms with E-state index in [4.69, 9.17) is 30.8 Å². The summed E-state index contributed by atoms with van der Waals surface area (Å²) in [4.78, 5) is 16.6. The SMILES string of the molecule is CNCCCOC(=O)OCOc1c(-c2ccccc2C)c(C)nc2cc(C)c(Cl)cc12.[Cl-]. The molecule has 0 unspecified atom stereocenters. The van der Waals surface area contributed by atoms with E-state index >= 15 is 0 Å². The van der Waals surface area contributed by atoms with Crippen LogP contribution in [0, 0.1) is 20.8 Å². The molecule has 0 atom stereocenters. The monoisotopic (exact) mass is 477 g/mol. The highest BCUT2D eigenvalue weighted by Crippen LogP contribution is 2.41. The number of aryl methyl sites for hydroxylation is 3. The minimum atomic E-state index is -0.766. The van der Waals surface area contributed by atoms with Gasteiger partial charge in [-0.2, -0.15) is 0 Å². The van der Waals surface area contributed by atoms with Crippen molar-refractivity contribution in [3.8, 4) is 16.9 Å². The van der Waals surface area contributed by atoms with Gasteiger partial charge in [-0.3, -0.25) is 4.98 Å². The van der Waals surface area contributed by atoms with Gasteiger partial charge in [0.2, 0.25) is 6.79 Å². The Bertz CT molecular complexity index is 1090. The molecular formula is C24H27Cl2N2O4-. The number of pyridine rings is 1. The molecule has 3 aromatic rings. The number of ether oxygens (including phenoxy) is 3. The van der Waals surface area contributed by atoms with Crippen LogP contribution in [0.1, 0.15) is 23.2 Å². The lowest BCUT2D eigenvalue weighted by molar-refractivity contribution is -0.000190. The van der Waals surface area contributed by atoms with Crippen LogP contribution in [0.3, 0.4) is 0 Å². The zero-order valence-corrected chi connectivity index (χ0v) is 20.1. The van der Waals surface area contributed by atoms with Crippen LogP contribution >= 0.6 is 11.6 Å². The Hall–Kier alpha value is -2.54. The van der Waals surface area contributed by atoms with Crippen LogP contribution < -0.4 is 22.5 Å². The number of fused-ring (bicyclic) bond motifs is 1. The van der Waals surface area contributed by atoms with E-state index in [0.29, 0.717) is 17.2 Å². The lowest BCUT2D eigenvalue weighted by Crippen LogP contribution is -3.00. The number of hydrogen-bond donors (Lipinski definition) is 1. The highest BCUT2D eigenvalue weighted by molar-refractivity contribution is 6.32. The molecule has 0 spiro atoms. The first-order valence-electron chi connectivity index (χ1n) is 10.2. The number of aromatic nitrogens is 1. The van der Waals surface area contributed by atoms with Crippen molar-refractivity contribution in [1.29, 1.82) is 0 Å². The van der Waals surface area contributed by atoms with Gasteiger partial charge in [-0.25, -0.2) is 4.79 Å². The van der Waals surface area contributed by atoms with Crippen LogP contribution in [0.15, 0.2) is 36.4 Å². The average molecular weight is 478 g/mol. The van der Waals surface area contributed by atoms with Crippen molar-refractivity contribution in [3.63, 3.8) is 0 Å². The summed E-state index contributed by atoms with van der Waals surface area (Å²) in [5, 5.41) is 4.36. The predicted octanol–water partition coefficient (Wildman–Crippen LogP) is 2.58. The fraction of sp³-hybridized carbons (Fsp3) is 0.333. The summed E-state index contributed by atoms with van der Waals surface area (Å²) in [5.74, 6) is 0.571. The van der Waals surface area contributed by atoms with Gasteiger partial charge in [0.05, 0.1) is 12.1 Å². The molecule has 0 saturated carbocycles. The fourth-order valence-corrected chi connectivity index (χ4v) is 3.54. The number of nitrogens with zero attached hydrogens (tertiary/aromatic N) is 1. The maximum absolute atomic E-state index is 11.9. The fourth-order valence-electron chi connectivity index (χ4n) is 3.38. The van der Waals surface area contributed by atoms with Crippen molar-refractivity contribution in [2.75, 3.05) is 27.0 Å². The van der Waals surface area contributed by atoms with E-state index < -0.39 is 6.16 Å². The van der Waals surface area contributed by atoms with Gasteiger partial charge in [0.15, 0.2) is 0 Å². The third kappa shape index (κ3) is 6.03. The van der Waals surface area contributed by atoms with Crippen LogP contribution in [0.2, 0.25) is 5.02 Å². The van der Waals surface area contributed by atoms with Gasteiger partial charge in [-0.05, 0) is 69.6 Å². The summed E-state index contributed by atoms with van der Waals surface area (Å²) in [6.45, 7) is 6.65. The van der Waals surface area contributed by atoms with E-state index in [1.54, 1.807) is 0 Å². The third-order valence-electron chi connectivity index (χ3n) is 4.98. The summed E-state index contributed by atoms with van der Waals surface area (Å²) in [5.41, 5.74) is 5.43. The molecule has 0 bridgehead atoms. The molecule has 0 aliphatic rings. The van der Waals surface area contributed by atoms with Crippen LogP contribution in [0.5, 0.6) is 5.75 Å². The number of rotatable bonds is 8. The molecule has 8 heteroatoms. The largest absolute Gasteiger partial charge is 1.00 e. The number of benzene rings is 2. The van der Waals surface area contributed by atoms with E-state index in [-0.39, 0.29) is 25.8 Å². The Morgan fingerprint density at radius 2 is 1.84 bits per heavy atom. The first-order valence-corrected chi connectivity index (χ1v) is 10.5. The lowest BCUT2D eigenvalue weighted by atomic mass is 9.96. The Morgan fingerprint density at radius 1 is 1.09 bits per heavy atom. The molecule has 0 amide bonds. The molecule has 1 N–H and O–H groups in total. The van der Waals surface area contributed by atoms with Crippen LogP contribution in [-0.2, 0) is 9.47 Å². The van der Waals surface area contributed by atoms with E-state index in [0.717, 1.165) is 45.4 Å². The topological polar surface area (TPSA) is 69.7 Å². The summed E-state index contributed by atoms with van der Waals surface area (Å²) < 4.78 is 16.2. The number of nitrogens with one attached hydrogen (secondary N) is 1. The molecule has 32 heavy (non-hydrogen) atoms. The Labute approximate surface area is 199 Å². The smallest absolute Gasteiger partial charge is 0.511 e. The highest BCUT2D eigenvalue weighted by atomic mass is 35.5. The minimum absolute atomic E-state index is 0. The number of carbonyl (C=O) groups excluding carboxylic acids is 1. The summed E-state index contributed by atoms with van der Waals surface area (Å²) >= 11 is 6.40. The number of halogens is 2. The summed E-state index contributed by atoms with van der Waals surface area (Å²) in [6, 6.07) is 11.8. The second kappa shape index (κ2) is 11.9. The van der Waals surface area contributed by atoms with Gasteiger partial charge in [0, 0.05) is 21.7 Å². The maximum atomic E-state index is 11.9. The van der Waals surface area contributed by atoms with E-state index in [1.165, 1.54) is 0 Å². The maximum Gasteiger partial charge on any atom is 0.511 e. The van der Waals surface area contributed by atoms with E-state index in [9.17, 15) is 4.79 Å². The molecular weight excluding hydrogens is 451 g/mol. The summed E-state index contributed by atoms with van der Waals surface area (Å²) in [6.07, 6.45) is -0.0619. The average Bonchev–Trinajstić information content (AvgIpc) is 2.73. The van der Waals surface area contributed by atoms with Crippen molar-refractivity contribution in [2.45, 2.75) is 27.2 Å². The van der Waals surface area contributed by atoms with Gasteiger partial charge in [-0.15, -0.1) is 0 Å². The molecule has 0 radical (unpaired) electrons. The first kappa shape index (κ1) is 25.7. The zero-order chi connectivity index (χ0) is 22.4. The molecule has 1 aromatic heterocycles. The molecule has 3 rings (SSSR count). The highest BCUT2D eigenvalue weighted by Gasteiger charge is 2.19. The second-order valence-corrected chi connectivity index (χ2v) is 7.70. The molecule has 6 nitrogen and oxygen atoms in total. The quantitative estimate of drug-likeness (QED) is 0.305. The molecule has 0 saturated heterocycles. The van der Waals surface area contributed by atoms with Gasteiger partial charge in [0.25, 0.3) is 0 Å². The molecule has 0 fully saturated rings. The van der Waals surface area contributed by atoms with Gasteiger partial charge < -0.3 is 31.9 Å².